The van der Waals surface area contributed by atoms with E-state index in [1.807, 2.05) is 41.3 Å². The maximum Gasteiger partial charge on any atom is 0.251 e. The standard InChI is InChI=1S/C38H38F2N6O4S.H2/c1-5-32(47)45-11-12-46-30(22(45)2)18-29(43-46)36-34(33-28(40)16-26(39)17-31(33)50-14-13-49-4)37-27(10-15-51-37)35(42-36)24-6-8-25(9-7-24)38(48)41-19-23-20-44(3)21-23;/h5-10,15-18,22-23H,1,11-14,19-21H2,2-4H3,(H,41,48);1H. The van der Waals surface area contributed by atoms with E-state index in [0.717, 1.165) is 41.9 Å². The van der Waals surface area contributed by atoms with Gasteiger partial charge in [0.25, 0.3) is 5.91 Å². The van der Waals surface area contributed by atoms with Gasteiger partial charge < -0.3 is 24.6 Å². The molecule has 0 radical (unpaired) electrons. The number of benzene rings is 2. The molecule has 1 fully saturated rings. The zero-order valence-corrected chi connectivity index (χ0v) is 29.4. The lowest BCUT2D eigenvalue weighted by molar-refractivity contribution is -0.129. The van der Waals surface area contributed by atoms with E-state index >= 15 is 4.39 Å². The van der Waals surface area contributed by atoms with Gasteiger partial charge in [-0.15, -0.1) is 11.3 Å². The first-order valence-corrected chi connectivity index (χ1v) is 17.7. The maximum atomic E-state index is 16.1. The smallest absolute Gasteiger partial charge is 0.251 e. The number of hydrogen-bond donors (Lipinski definition) is 1. The van der Waals surface area contributed by atoms with Crippen LogP contribution in [0.4, 0.5) is 8.78 Å². The maximum absolute atomic E-state index is 16.1. The Hall–Kier alpha value is -4.98. The lowest BCUT2D eigenvalue weighted by Crippen LogP contribution is -2.49. The minimum Gasteiger partial charge on any atom is -0.490 e. The molecular weight excluding hydrogens is 675 g/mol. The van der Waals surface area contributed by atoms with Crippen LogP contribution in [-0.4, -0.2) is 89.9 Å². The van der Waals surface area contributed by atoms with E-state index in [4.69, 9.17) is 19.6 Å². The highest BCUT2D eigenvalue weighted by molar-refractivity contribution is 7.18. The third kappa shape index (κ3) is 6.64. The van der Waals surface area contributed by atoms with Crippen molar-refractivity contribution in [1.82, 2.24) is 29.9 Å². The molecule has 10 nitrogen and oxygen atoms in total. The molecule has 2 amide bonds. The Balaban J connectivity index is 0.00000464. The molecule has 2 aromatic carbocycles. The molecule has 0 aliphatic carbocycles. The molecule has 1 unspecified atom stereocenters. The molecule has 7 rings (SSSR count). The number of carbonyl (C=O) groups is 2. The summed E-state index contributed by atoms with van der Waals surface area (Å²) in [4.78, 5) is 34.7. The molecule has 5 aromatic rings. The van der Waals surface area contributed by atoms with Gasteiger partial charge in [0.2, 0.25) is 5.91 Å². The minimum absolute atomic E-state index is 0. The Morgan fingerprint density at radius 1 is 1.08 bits per heavy atom. The summed E-state index contributed by atoms with van der Waals surface area (Å²) in [5.74, 6) is -1.45. The molecule has 3 aromatic heterocycles. The number of nitrogens with zero attached hydrogens (tertiary/aromatic N) is 5. The summed E-state index contributed by atoms with van der Waals surface area (Å²) in [6.07, 6.45) is 1.30. The van der Waals surface area contributed by atoms with E-state index in [1.165, 1.54) is 24.5 Å². The Kier molecular flexibility index (Phi) is 9.69. The zero-order valence-electron chi connectivity index (χ0n) is 28.6. The number of fused-ring (bicyclic) bond motifs is 2. The summed E-state index contributed by atoms with van der Waals surface area (Å²) in [5.41, 5.74) is 3.97. The monoisotopic (exact) mass is 714 g/mol. The average Bonchev–Trinajstić information content (AvgIpc) is 3.78. The number of methoxy groups -OCH3 is 1. The first-order chi connectivity index (χ1) is 24.7. The second-order valence-electron chi connectivity index (χ2n) is 12.9. The van der Waals surface area contributed by atoms with Crippen molar-refractivity contribution < 1.29 is 29.3 Å². The predicted octanol–water partition coefficient (Wildman–Crippen LogP) is 6.42. The van der Waals surface area contributed by atoms with Gasteiger partial charge in [-0.05, 0) is 49.7 Å². The molecule has 51 heavy (non-hydrogen) atoms. The van der Waals surface area contributed by atoms with Crippen molar-refractivity contribution in [3.05, 3.63) is 89.5 Å². The number of aromatic nitrogens is 3. The summed E-state index contributed by atoms with van der Waals surface area (Å²) in [6, 6.07) is 12.7. The third-order valence-electron chi connectivity index (χ3n) is 9.49. The van der Waals surface area contributed by atoms with Gasteiger partial charge in [-0.2, -0.15) is 5.10 Å². The average molecular weight is 715 g/mol. The summed E-state index contributed by atoms with van der Waals surface area (Å²) in [7, 11) is 3.57. The van der Waals surface area contributed by atoms with Crippen molar-refractivity contribution in [3.63, 3.8) is 0 Å². The topological polar surface area (TPSA) is 102 Å². The highest BCUT2D eigenvalue weighted by atomic mass is 32.1. The number of rotatable bonds is 11. The van der Waals surface area contributed by atoms with E-state index in [1.54, 1.807) is 17.0 Å². The van der Waals surface area contributed by atoms with Crippen LogP contribution < -0.4 is 10.1 Å². The van der Waals surface area contributed by atoms with Gasteiger partial charge >= 0.3 is 0 Å². The van der Waals surface area contributed by atoms with Gasteiger partial charge in [-0.1, -0.05) is 18.7 Å². The zero-order chi connectivity index (χ0) is 35.8. The Morgan fingerprint density at radius 2 is 1.86 bits per heavy atom. The van der Waals surface area contributed by atoms with Crippen molar-refractivity contribution in [3.8, 4) is 39.5 Å². The first kappa shape index (κ1) is 34.5. The van der Waals surface area contributed by atoms with Gasteiger partial charge in [0.15, 0.2) is 0 Å². The molecule has 1 saturated heterocycles. The van der Waals surface area contributed by atoms with Crippen LogP contribution in [0.3, 0.4) is 0 Å². The second-order valence-corrected chi connectivity index (χ2v) is 13.8. The van der Waals surface area contributed by atoms with Gasteiger partial charge in [-0.3, -0.25) is 14.3 Å². The number of thiophene rings is 1. The highest BCUT2D eigenvalue weighted by Crippen LogP contribution is 2.47. The van der Waals surface area contributed by atoms with Gasteiger partial charge in [0.05, 0.1) is 36.1 Å². The Morgan fingerprint density at radius 3 is 2.59 bits per heavy atom. The van der Waals surface area contributed by atoms with E-state index in [0.29, 0.717) is 58.5 Å². The fourth-order valence-electron chi connectivity index (χ4n) is 6.92. The van der Waals surface area contributed by atoms with Crippen LogP contribution >= 0.6 is 11.3 Å². The first-order valence-electron chi connectivity index (χ1n) is 16.8. The van der Waals surface area contributed by atoms with Crippen molar-refractivity contribution in [1.29, 1.82) is 0 Å². The van der Waals surface area contributed by atoms with Crippen LogP contribution in [0.25, 0.3) is 43.9 Å². The number of likely N-dealkylation sites (tertiary alicyclic amines) is 1. The second kappa shape index (κ2) is 14.3. The third-order valence-corrected chi connectivity index (χ3v) is 10.4. The van der Waals surface area contributed by atoms with Crippen LogP contribution in [0.5, 0.6) is 5.75 Å². The van der Waals surface area contributed by atoms with Crippen molar-refractivity contribution in [2.45, 2.75) is 19.5 Å². The van der Waals surface area contributed by atoms with Gasteiger partial charge in [0.1, 0.15) is 35.4 Å². The quantitative estimate of drug-likeness (QED) is 0.124. The number of amides is 2. The highest BCUT2D eigenvalue weighted by Gasteiger charge is 2.31. The lowest BCUT2D eigenvalue weighted by atomic mass is 9.96. The number of ether oxygens (including phenoxy) is 2. The number of pyridine rings is 1. The summed E-state index contributed by atoms with van der Waals surface area (Å²) < 4.78 is 44.4. The number of nitrogens with one attached hydrogen (secondary N) is 1. The van der Waals surface area contributed by atoms with Crippen LogP contribution in [0.15, 0.2) is 66.6 Å². The molecule has 1 atom stereocenters. The molecule has 13 heteroatoms. The summed E-state index contributed by atoms with van der Waals surface area (Å²) >= 11 is 1.40. The van der Waals surface area contributed by atoms with E-state index in [9.17, 15) is 14.0 Å². The van der Waals surface area contributed by atoms with Crippen LogP contribution in [0.1, 0.15) is 30.4 Å². The van der Waals surface area contributed by atoms with Crippen molar-refractivity contribution in [2.24, 2.45) is 5.92 Å². The van der Waals surface area contributed by atoms with Crippen molar-refractivity contribution >= 4 is 33.2 Å². The number of carbonyl (C=O) groups excluding carboxylic acids is 2. The molecule has 266 valence electrons. The Labute approximate surface area is 299 Å². The molecule has 0 bridgehead atoms. The molecule has 2 aliphatic rings. The normalized spacial score (nSPS) is 16.2. The molecular formula is C38H40F2N6O4S. The summed E-state index contributed by atoms with van der Waals surface area (Å²) in [6.45, 7) is 9.29. The van der Waals surface area contributed by atoms with E-state index < -0.39 is 11.6 Å². The molecule has 0 saturated carbocycles. The summed E-state index contributed by atoms with van der Waals surface area (Å²) in [5, 5.41) is 10.6. The molecule has 2 aliphatic heterocycles. The SMILES string of the molecule is C=CC(=O)N1CCn2nc(-c3nc(-c4ccc(C(=O)NCC5CN(C)C5)cc4)c4ccsc4c3-c3c(F)cc(F)cc3OCCOC)cc2C1C.[HH]. The molecule has 5 heterocycles. The van der Waals surface area contributed by atoms with Crippen LogP contribution in [0, 0.1) is 17.6 Å². The van der Waals surface area contributed by atoms with Gasteiger partial charge in [-0.25, -0.2) is 13.8 Å². The fraction of sp³-hybridized carbons (Fsp3) is 0.316. The predicted molar refractivity (Wildman–Crippen MR) is 195 cm³/mol. The lowest BCUT2D eigenvalue weighted by Gasteiger charge is -2.36. The van der Waals surface area contributed by atoms with Crippen LogP contribution in [0.2, 0.25) is 0 Å². The van der Waals surface area contributed by atoms with Gasteiger partial charge in [0, 0.05) is 79.5 Å². The van der Waals surface area contributed by atoms with E-state index in [-0.39, 0.29) is 43.8 Å². The van der Waals surface area contributed by atoms with Crippen LogP contribution in [-0.2, 0) is 16.1 Å². The fourth-order valence-corrected chi connectivity index (χ4v) is 7.86. The molecule has 0 spiro atoms. The minimum atomic E-state index is -0.808. The largest absolute Gasteiger partial charge is 0.490 e. The Bertz CT molecular complexity index is 2130. The molecule has 1 N–H and O–H groups in total. The number of halogens is 2. The number of hydrogen-bond acceptors (Lipinski definition) is 8. The van der Waals surface area contributed by atoms with E-state index in [2.05, 4.69) is 23.8 Å². The van der Waals surface area contributed by atoms with Crippen molar-refractivity contribution in [2.75, 3.05) is 53.6 Å².